The summed E-state index contributed by atoms with van der Waals surface area (Å²) in [5, 5.41) is 0. The number of rotatable bonds is 4. The highest BCUT2D eigenvalue weighted by molar-refractivity contribution is 6.00. The van der Waals surface area contributed by atoms with E-state index in [1.54, 1.807) is 6.92 Å². The highest BCUT2D eigenvalue weighted by Gasteiger charge is 2.23. The van der Waals surface area contributed by atoms with Crippen molar-refractivity contribution in [2.75, 3.05) is 39.3 Å². The van der Waals surface area contributed by atoms with E-state index in [-0.39, 0.29) is 11.3 Å². The second-order valence-electron chi connectivity index (χ2n) is 7.97. The number of hydrogen-bond acceptors (Lipinski definition) is 6. The van der Waals surface area contributed by atoms with E-state index in [0.29, 0.717) is 23.6 Å². The second-order valence-corrected chi connectivity index (χ2v) is 7.97. The molecular weight excluding hydrogens is 381 g/mol. The number of fused-ring (bicyclic) bond motifs is 2. The van der Waals surface area contributed by atoms with Crippen LogP contribution in [0.1, 0.15) is 24.8 Å². The van der Waals surface area contributed by atoms with Crippen LogP contribution < -0.4 is 0 Å². The Hall–Kier alpha value is -2.93. The van der Waals surface area contributed by atoms with Crippen molar-refractivity contribution in [1.29, 1.82) is 0 Å². The van der Waals surface area contributed by atoms with Crippen LogP contribution in [0.2, 0.25) is 0 Å². The molecular formula is C23H26FN5O. The molecule has 4 heterocycles. The number of halogens is 1. The van der Waals surface area contributed by atoms with Crippen molar-refractivity contribution in [3.63, 3.8) is 0 Å². The van der Waals surface area contributed by atoms with Crippen molar-refractivity contribution in [3.8, 4) is 0 Å². The number of aliphatic imine (C=N–C) groups is 1. The topological polar surface area (TPSA) is 48.1 Å². The fourth-order valence-electron chi connectivity index (χ4n) is 4.29. The van der Waals surface area contributed by atoms with Gasteiger partial charge in [-0.05, 0) is 43.3 Å². The Kier molecular flexibility index (Phi) is 4.90. The van der Waals surface area contributed by atoms with Gasteiger partial charge in [-0.15, -0.1) is 0 Å². The summed E-state index contributed by atoms with van der Waals surface area (Å²) >= 11 is 0. The van der Waals surface area contributed by atoms with Crippen molar-refractivity contribution in [3.05, 3.63) is 59.5 Å². The quantitative estimate of drug-likeness (QED) is 0.772. The van der Waals surface area contributed by atoms with E-state index < -0.39 is 0 Å². The molecule has 2 aromatic rings. The second kappa shape index (κ2) is 7.72. The van der Waals surface area contributed by atoms with Gasteiger partial charge in [0, 0.05) is 51.4 Å². The van der Waals surface area contributed by atoms with Crippen LogP contribution in [0.25, 0.3) is 16.8 Å². The minimum absolute atomic E-state index is 0.270. The summed E-state index contributed by atoms with van der Waals surface area (Å²) in [5.41, 5.74) is 3.41. The normalized spacial score (nSPS) is 19.6. The molecule has 0 atom stereocenters. The number of allylic oxidation sites excluding steroid dienone is 1. The van der Waals surface area contributed by atoms with Crippen molar-refractivity contribution < 1.29 is 8.81 Å². The highest BCUT2D eigenvalue weighted by atomic mass is 19.1. The molecule has 0 amide bonds. The predicted molar refractivity (Wildman–Crippen MR) is 116 cm³/mol. The fourth-order valence-corrected chi connectivity index (χ4v) is 4.29. The maximum Gasteiger partial charge on any atom is 0.192 e. The zero-order chi connectivity index (χ0) is 20.7. The van der Waals surface area contributed by atoms with Crippen LogP contribution in [0.15, 0.2) is 51.7 Å². The largest absolute Gasteiger partial charge is 0.441 e. The summed E-state index contributed by atoms with van der Waals surface area (Å²) in [6.45, 7) is 10.2. The number of nitrogens with zero attached hydrogens (tertiary/aromatic N) is 5. The molecule has 0 aliphatic carbocycles. The van der Waals surface area contributed by atoms with Gasteiger partial charge in [0.1, 0.15) is 11.4 Å². The van der Waals surface area contributed by atoms with E-state index in [2.05, 4.69) is 38.9 Å². The van der Waals surface area contributed by atoms with Crippen molar-refractivity contribution >= 4 is 22.6 Å². The molecule has 1 saturated heterocycles. The van der Waals surface area contributed by atoms with Gasteiger partial charge in [-0.25, -0.2) is 14.4 Å². The van der Waals surface area contributed by atoms with Crippen LogP contribution in [-0.4, -0.2) is 64.8 Å². The van der Waals surface area contributed by atoms with Crippen LogP contribution in [0, 0.1) is 12.7 Å². The highest BCUT2D eigenvalue weighted by Crippen LogP contribution is 2.28. The molecule has 0 bridgehead atoms. The van der Waals surface area contributed by atoms with E-state index in [9.17, 15) is 4.39 Å². The number of amidine groups is 1. The molecule has 7 heteroatoms. The van der Waals surface area contributed by atoms with Crippen LogP contribution in [-0.2, 0) is 0 Å². The number of benzene rings is 1. The van der Waals surface area contributed by atoms with Crippen molar-refractivity contribution in [2.45, 2.75) is 20.3 Å². The Morgan fingerprint density at radius 1 is 1.13 bits per heavy atom. The molecule has 0 saturated carbocycles. The summed E-state index contributed by atoms with van der Waals surface area (Å²) in [7, 11) is 0. The zero-order valence-corrected chi connectivity index (χ0v) is 17.4. The Balaban J connectivity index is 1.32. The van der Waals surface area contributed by atoms with Crippen molar-refractivity contribution in [1.82, 2.24) is 19.7 Å². The number of oxazole rings is 1. The van der Waals surface area contributed by atoms with Crippen LogP contribution in [0.5, 0.6) is 0 Å². The van der Waals surface area contributed by atoms with Gasteiger partial charge in [-0.2, -0.15) is 0 Å². The molecule has 0 radical (unpaired) electrons. The standard InChI is InChI=1S/C23H26FN5O/c1-3-7-27-9-11-28(12-10-27)18-4-5-22-26-20(6-8-29(22)15-18)17-13-19(24)23-21(14-17)30-16(2)25-23/h4-6,13-15H,3,7-12H2,1-2H3. The van der Waals surface area contributed by atoms with Gasteiger partial charge in [-0.3, -0.25) is 4.90 Å². The SMILES string of the molecule is CCCN1CCN(C2=CN3CC=C(c4cc(F)c5nc(C)oc5c4)N=C3C=C2)CC1. The van der Waals surface area contributed by atoms with Gasteiger partial charge in [0.2, 0.25) is 0 Å². The molecule has 1 fully saturated rings. The summed E-state index contributed by atoms with van der Waals surface area (Å²) in [6.07, 6.45) is 9.59. The zero-order valence-electron chi connectivity index (χ0n) is 17.4. The van der Waals surface area contributed by atoms with E-state index >= 15 is 0 Å². The van der Waals surface area contributed by atoms with E-state index in [1.165, 1.54) is 24.7 Å². The maximum absolute atomic E-state index is 14.4. The summed E-state index contributed by atoms with van der Waals surface area (Å²) in [5.74, 6) is 0.946. The van der Waals surface area contributed by atoms with Crippen molar-refractivity contribution in [2.24, 2.45) is 4.99 Å². The molecule has 0 N–H and O–H groups in total. The Morgan fingerprint density at radius 3 is 2.77 bits per heavy atom. The lowest BCUT2D eigenvalue weighted by Crippen LogP contribution is -2.46. The number of aryl methyl sites for hydroxylation is 1. The van der Waals surface area contributed by atoms with Gasteiger partial charge in [0.05, 0.1) is 11.4 Å². The number of aromatic nitrogens is 1. The Labute approximate surface area is 175 Å². The molecule has 0 spiro atoms. The molecule has 1 aromatic carbocycles. The van der Waals surface area contributed by atoms with E-state index in [1.807, 2.05) is 18.2 Å². The molecule has 5 rings (SSSR count). The third-order valence-electron chi connectivity index (χ3n) is 5.83. The van der Waals surface area contributed by atoms with E-state index in [0.717, 1.165) is 37.7 Å². The number of piperazine rings is 1. The lowest BCUT2D eigenvalue weighted by molar-refractivity contribution is 0.161. The smallest absolute Gasteiger partial charge is 0.192 e. The lowest BCUT2D eigenvalue weighted by Gasteiger charge is -2.38. The first-order valence-electron chi connectivity index (χ1n) is 10.6. The first-order valence-corrected chi connectivity index (χ1v) is 10.6. The number of hydrogen-bond donors (Lipinski definition) is 0. The Bertz CT molecular complexity index is 1090. The van der Waals surface area contributed by atoms with Gasteiger partial charge >= 0.3 is 0 Å². The fraction of sp³-hybridized carbons (Fsp3) is 0.391. The van der Waals surface area contributed by atoms with Gasteiger partial charge < -0.3 is 14.2 Å². The van der Waals surface area contributed by atoms with Crippen LogP contribution in [0.3, 0.4) is 0 Å². The summed E-state index contributed by atoms with van der Waals surface area (Å²) in [4.78, 5) is 16.0. The molecule has 156 valence electrons. The first-order chi connectivity index (χ1) is 14.6. The molecule has 0 unspecified atom stereocenters. The average Bonchev–Trinajstić information content (AvgIpc) is 3.15. The first kappa shape index (κ1) is 19.1. The molecule has 30 heavy (non-hydrogen) atoms. The summed E-state index contributed by atoms with van der Waals surface area (Å²) < 4.78 is 20.0. The lowest BCUT2D eigenvalue weighted by atomic mass is 10.1. The molecule has 1 aromatic heterocycles. The summed E-state index contributed by atoms with van der Waals surface area (Å²) in [6, 6.07) is 3.30. The monoisotopic (exact) mass is 407 g/mol. The van der Waals surface area contributed by atoms with Gasteiger partial charge in [-0.1, -0.05) is 6.92 Å². The molecule has 3 aliphatic rings. The minimum atomic E-state index is -0.383. The molecule has 6 nitrogen and oxygen atoms in total. The van der Waals surface area contributed by atoms with Gasteiger partial charge in [0.25, 0.3) is 0 Å². The van der Waals surface area contributed by atoms with Crippen LogP contribution in [0.4, 0.5) is 4.39 Å². The third kappa shape index (κ3) is 3.54. The predicted octanol–water partition coefficient (Wildman–Crippen LogP) is 3.77. The minimum Gasteiger partial charge on any atom is -0.441 e. The van der Waals surface area contributed by atoms with Gasteiger partial charge in [0.15, 0.2) is 17.3 Å². The molecule has 3 aliphatic heterocycles. The third-order valence-corrected chi connectivity index (χ3v) is 5.83. The average molecular weight is 407 g/mol. The Morgan fingerprint density at radius 2 is 1.97 bits per heavy atom. The maximum atomic E-state index is 14.4. The van der Waals surface area contributed by atoms with E-state index in [4.69, 9.17) is 9.41 Å². The van der Waals surface area contributed by atoms with Crippen LogP contribution >= 0.6 is 0 Å².